The zero-order chi connectivity index (χ0) is 15.9. The Balaban J connectivity index is 2.17. The SMILES string of the molecule is CSc1cccc(C(=O)C2(C(=O)O)c3cccn3CC2C)c1. The van der Waals surface area contributed by atoms with Gasteiger partial charge in [-0.1, -0.05) is 19.1 Å². The van der Waals surface area contributed by atoms with Crippen molar-refractivity contribution in [1.82, 2.24) is 4.57 Å². The third-order valence-corrected chi connectivity index (χ3v) is 5.20. The van der Waals surface area contributed by atoms with Crippen molar-refractivity contribution >= 4 is 23.5 Å². The minimum Gasteiger partial charge on any atom is -0.480 e. The molecule has 0 saturated carbocycles. The fraction of sp³-hybridized carbons (Fsp3) is 0.294. The molecule has 22 heavy (non-hydrogen) atoms. The minimum absolute atomic E-state index is 0.286. The van der Waals surface area contributed by atoms with Crippen LogP contribution in [0.5, 0.6) is 0 Å². The van der Waals surface area contributed by atoms with Crippen LogP contribution in [0.3, 0.4) is 0 Å². The molecule has 1 aromatic heterocycles. The van der Waals surface area contributed by atoms with Gasteiger partial charge in [0, 0.05) is 34.8 Å². The van der Waals surface area contributed by atoms with Gasteiger partial charge in [0.15, 0.2) is 11.2 Å². The number of thioether (sulfide) groups is 1. The molecule has 2 aromatic rings. The number of aliphatic carboxylic acids is 1. The predicted molar refractivity (Wildman–Crippen MR) is 85.5 cm³/mol. The second-order valence-corrected chi connectivity index (χ2v) is 6.50. The molecule has 0 saturated heterocycles. The van der Waals surface area contributed by atoms with Crippen LogP contribution < -0.4 is 0 Å². The standard InChI is InChI=1S/C17H17NO3S/c1-11-10-18-8-4-7-14(18)17(11,16(20)21)15(19)12-5-3-6-13(9-12)22-2/h3-9,11H,10H2,1-2H3,(H,20,21). The molecule has 2 unspecified atom stereocenters. The maximum atomic E-state index is 13.1. The van der Waals surface area contributed by atoms with Gasteiger partial charge in [-0.3, -0.25) is 9.59 Å². The maximum Gasteiger partial charge on any atom is 0.324 e. The first kappa shape index (κ1) is 14.9. The molecule has 5 heteroatoms. The molecule has 3 rings (SSSR count). The fourth-order valence-corrected chi connectivity index (χ4v) is 3.82. The van der Waals surface area contributed by atoms with Gasteiger partial charge >= 0.3 is 5.97 Å². The summed E-state index contributed by atoms with van der Waals surface area (Å²) >= 11 is 1.53. The molecule has 1 aromatic carbocycles. The van der Waals surface area contributed by atoms with Crippen LogP contribution in [0.25, 0.3) is 0 Å². The van der Waals surface area contributed by atoms with Crippen molar-refractivity contribution < 1.29 is 14.7 Å². The molecule has 0 radical (unpaired) electrons. The largest absolute Gasteiger partial charge is 0.480 e. The predicted octanol–water partition coefficient (Wildman–Crippen LogP) is 3.07. The van der Waals surface area contributed by atoms with E-state index < -0.39 is 11.4 Å². The molecule has 1 aliphatic rings. The third-order valence-electron chi connectivity index (χ3n) is 4.47. The number of fused-ring (bicyclic) bond motifs is 1. The highest BCUT2D eigenvalue weighted by atomic mass is 32.2. The van der Waals surface area contributed by atoms with Crippen LogP contribution in [0.15, 0.2) is 47.5 Å². The Kier molecular flexibility index (Phi) is 3.60. The van der Waals surface area contributed by atoms with E-state index in [1.165, 1.54) is 11.8 Å². The molecule has 0 bridgehead atoms. The van der Waals surface area contributed by atoms with E-state index in [0.717, 1.165) is 4.90 Å². The average Bonchev–Trinajstić information content (AvgIpc) is 3.05. The van der Waals surface area contributed by atoms with Crippen molar-refractivity contribution in [3.05, 3.63) is 53.9 Å². The number of hydrogen-bond acceptors (Lipinski definition) is 3. The number of hydrogen-bond donors (Lipinski definition) is 1. The summed E-state index contributed by atoms with van der Waals surface area (Å²) in [5.41, 5.74) is -0.469. The number of carbonyl (C=O) groups excluding carboxylic acids is 1. The number of benzene rings is 1. The fourth-order valence-electron chi connectivity index (χ4n) is 3.37. The smallest absolute Gasteiger partial charge is 0.324 e. The van der Waals surface area contributed by atoms with Crippen molar-refractivity contribution in [2.24, 2.45) is 5.92 Å². The van der Waals surface area contributed by atoms with E-state index in [-0.39, 0.29) is 11.7 Å². The summed E-state index contributed by atoms with van der Waals surface area (Å²) in [7, 11) is 0. The highest BCUT2D eigenvalue weighted by Gasteiger charge is 2.57. The lowest BCUT2D eigenvalue weighted by Crippen LogP contribution is -2.46. The molecular weight excluding hydrogens is 298 g/mol. The van der Waals surface area contributed by atoms with Crippen LogP contribution in [0.4, 0.5) is 0 Å². The third kappa shape index (κ3) is 1.92. The van der Waals surface area contributed by atoms with Gasteiger partial charge in [-0.15, -0.1) is 11.8 Å². The molecule has 2 heterocycles. The molecule has 0 fully saturated rings. The Morgan fingerprint density at radius 3 is 2.77 bits per heavy atom. The Labute approximate surface area is 133 Å². The first-order chi connectivity index (χ1) is 10.5. The molecular formula is C17H17NO3S. The van der Waals surface area contributed by atoms with Crippen LogP contribution >= 0.6 is 11.8 Å². The van der Waals surface area contributed by atoms with Gasteiger partial charge in [0.25, 0.3) is 0 Å². The number of carboxylic acids is 1. The number of aromatic nitrogens is 1. The summed E-state index contributed by atoms with van der Waals surface area (Å²) in [5.74, 6) is -1.69. The summed E-state index contributed by atoms with van der Waals surface area (Å²) in [6, 6.07) is 10.7. The maximum absolute atomic E-state index is 13.1. The summed E-state index contributed by atoms with van der Waals surface area (Å²) < 4.78 is 1.87. The van der Waals surface area contributed by atoms with Gasteiger partial charge in [-0.2, -0.15) is 0 Å². The zero-order valence-corrected chi connectivity index (χ0v) is 13.3. The van der Waals surface area contributed by atoms with Crippen LogP contribution in [0, 0.1) is 5.92 Å². The normalized spacial score (nSPS) is 23.3. The molecule has 1 aliphatic heterocycles. The highest BCUT2D eigenvalue weighted by Crippen LogP contribution is 2.43. The molecule has 4 nitrogen and oxygen atoms in total. The average molecular weight is 315 g/mol. The van der Waals surface area contributed by atoms with Gasteiger partial charge in [0.2, 0.25) is 0 Å². The second-order valence-electron chi connectivity index (χ2n) is 5.62. The highest BCUT2D eigenvalue weighted by molar-refractivity contribution is 7.98. The van der Waals surface area contributed by atoms with Gasteiger partial charge in [0.1, 0.15) is 0 Å². The van der Waals surface area contributed by atoms with E-state index in [4.69, 9.17) is 0 Å². The van der Waals surface area contributed by atoms with Crippen molar-refractivity contribution in [2.75, 3.05) is 6.26 Å². The van der Waals surface area contributed by atoms with Gasteiger partial charge in [-0.05, 0) is 30.5 Å². The summed E-state index contributed by atoms with van der Waals surface area (Å²) in [4.78, 5) is 26.2. The zero-order valence-electron chi connectivity index (χ0n) is 12.4. The Hall–Kier alpha value is -2.01. The topological polar surface area (TPSA) is 59.3 Å². The van der Waals surface area contributed by atoms with E-state index in [2.05, 4.69) is 0 Å². The molecule has 0 amide bonds. The number of nitrogens with zero attached hydrogens (tertiary/aromatic N) is 1. The quantitative estimate of drug-likeness (QED) is 0.535. The molecule has 2 atom stereocenters. The second kappa shape index (κ2) is 5.32. The van der Waals surface area contributed by atoms with Gasteiger partial charge < -0.3 is 9.67 Å². The number of rotatable bonds is 4. The van der Waals surface area contributed by atoms with E-state index in [9.17, 15) is 14.7 Å². The van der Waals surface area contributed by atoms with Crippen molar-refractivity contribution in [3.8, 4) is 0 Å². The van der Waals surface area contributed by atoms with E-state index in [0.29, 0.717) is 17.8 Å². The molecule has 0 aliphatic carbocycles. The Morgan fingerprint density at radius 2 is 2.09 bits per heavy atom. The van der Waals surface area contributed by atoms with E-state index in [1.807, 2.05) is 30.0 Å². The van der Waals surface area contributed by atoms with Gasteiger partial charge in [0.05, 0.1) is 0 Å². The first-order valence-electron chi connectivity index (χ1n) is 7.09. The van der Waals surface area contributed by atoms with Gasteiger partial charge in [-0.25, -0.2) is 0 Å². The van der Waals surface area contributed by atoms with E-state index >= 15 is 0 Å². The molecule has 1 N–H and O–H groups in total. The molecule has 114 valence electrons. The lowest BCUT2D eigenvalue weighted by atomic mass is 9.70. The summed E-state index contributed by atoms with van der Waals surface area (Å²) in [5, 5.41) is 9.92. The monoisotopic (exact) mass is 315 g/mol. The Bertz CT molecular complexity index is 752. The van der Waals surface area contributed by atoms with E-state index in [1.54, 1.807) is 30.3 Å². The number of carboxylic acid groups (broad SMARTS) is 1. The first-order valence-corrected chi connectivity index (χ1v) is 8.32. The van der Waals surface area contributed by atoms with Crippen molar-refractivity contribution in [2.45, 2.75) is 23.8 Å². The van der Waals surface area contributed by atoms with Crippen LogP contribution in [-0.2, 0) is 16.8 Å². The number of ketones is 1. The van der Waals surface area contributed by atoms with Crippen LogP contribution in [0.1, 0.15) is 23.0 Å². The minimum atomic E-state index is -1.50. The van der Waals surface area contributed by atoms with Crippen molar-refractivity contribution in [3.63, 3.8) is 0 Å². The number of carbonyl (C=O) groups is 2. The lowest BCUT2D eigenvalue weighted by Gasteiger charge is -2.27. The summed E-state index contributed by atoms with van der Waals surface area (Å²) in [6.07, 6.45) is 3.77. The lowest BCUT2D eigenvalue weighted by molar-refractivity contribution is -0.143. The summed E-state index contributed by atoms with van der Waals surface area (Å²) in [6.45, 7) is 2.38. The van der Waals surface area contributed by atoms with Crippen LogP contribution in [0.2, 0.25) is 0 Å². The Morgan fingerprint density at radius 1 is 1.32 bits per heavy atom. The van der Waals surface area contributed by atoms with Crippen LogP contribution in [-0.4, -0.2) is 27.7 Å². The molecule has 0 spiro atoms. The van der Waals surface area contributed by atoms with Crippen molar-refractivity contribution in [1.29, 1.82) is 0 Å². The number of Topliss-reactive ketones (excluding diaryl/α,β-unsaturated/α-hetero) is 1.